The van der Waals surface area contributed by atoms with Crippen LogP contribution in [0.1, 0.15) is 71.8 Å². The van der Waals surface area contributed by atoms with Gasteiger partial charge in [-0.25, -0.2) is 4.39 Å². The molecule has 4 nitrogen and oxygen atoms in total. The molecule has 1 saturated heterocycles. The van der Waals surface area contributed by atoms with Crippen molar-refractivity contribution in [2.24, 2.45) is 22.2 Å². The zero-order valence-electron chi connectivity index (χ0n) is 24.0. The number of rotatable bonds is 6. The Morgan fingerprint density at radius 2 is 1.65 bits per heavy atom. The topological polar surface area (TPSA) is 67.3 Å². The first-order valence-corrected chi connectivity index (χ1v) is 13.8. The normalized spacial score (nSPS) is 18.6. The number of nitrogens with one attached hydrogen (secondary N) is 1. The summed E-state index contributed by atoms with van der Waals surface area (Å²) >= 11 is 3.03. The van der Waals surface area contributed by atoms with Crippen molar-refractivity contribution < 1.29 is 4.39 Å². The molecular formula is C31H53FN4S. The second-order valence-electron chi connectivity index (χ2n) is 10.9. The fraction of sp³-hybridized carbons (Fsp3) is 0.548. The van der Waals surface area contributed by atoms with Gasteiger partial charge < -0.3 is 16.0 Å². The van der Waals surface area contributed by atoms with E-state index in [1.54, 1.807) is 19.1 Å². The predicted octanol–water partition coefficient (Wildman–Crippen LogP) is 7.80. The SMILES string of the molecule is C=C.C=CN1CCCC1C(=C)C(=C)C1CC1.Cc1ccc(NC(C)C(C)(C)C)cc1F.NC1CC1.NS. The largest absolute Gasteiger partial charge is 0.382 e. The number of likely N-dealkylation sites (tertiary alicyclic amines) is 1. The lowest BCUT2D eigenvalue weighted by Gasteiger charge is -2.29. The number of anilines is 1. The number of nitrogens with two attached hydrogens (primary N) is 2. The van der Waals surface area contributed by atoms with Gasteiger partial charge in [0.25, 0.3) is 0 Å². The molecule has 0 bridgehead atoms. The number of hydrogen-bond donors (Lipinski definition) is 4. The van der Waals surface area contributed by atoms with E-state index in [2.05, 4.69) is 88.8 Å². The molecular weight excluding hydrogens is 479 g/mol. The molecule has 2 saturated carbocycles. The average molecular weight is 533 g/mol. The van der Waals surface area contributed by atoms with Crippen LogP contribution >= 0.6 is 12.8 Å². The molecule has 2 aliphatic carbocycles. The van der Waals surface area contributed by atoms with Crippen LogP contribution in [0.4, 0.5) is 10.1 Å². The van der Waals surface area contributed by atoms with Crippen LogP contribution in [0.5, 0.6) is 0 Å². The van der Waals surface area contributed by atoms with E-state index in [4.69, 9.17) is 5.73 Å². The Morgan fingerprint density at radius 3 is 2.05 bits per heavy atom. The number of thiol groups is 1. The minimum atomic E-state index is -0.152. The summed E-state index contributed by atoms with van der Waals surface area (Å²) in [4.78, 5) is 2.30. The Kier molecular flexibility index (Phi) is 16.5. The summed E-state index contributed by atoms with van der Waals surface area (Å²) in [5, 5.41) is 7.50. The van der Waals surface area contributed by atoms with Gasteiger partial charge in [0.1, 0.15) is 5.82 Å². The van der Waals surface area contributed by atoms with Crippen molar-refractivity contribution in [2.75, 3.05) is 11.9 Å². The van der Waals surface area contributed by atoms with Crippen LogP contribution in [-0.4, -0.2) is 29.6 Å². The number of hydrogen-bond acceptors (Lipinski definition) is 5. The maximum Gasteiger partial charge on any atom is 0.128 e. The molecule has 3 fully saturated rings. The molecule has 0 aromatic heterocycles. The summed E-state index contributed by atoms with van der Waals surface area (Å²) in [6, 6.07) is 6.64. The zero-order valence-corrected chi connectivity index (χ0v) is 24.9. The van der Waals surface area contributed by atoms with E-state index in [-0.39, 0.29) is 11.2 Å². The van der Waals surface area contributed by atoms with Crippen molar-refractivity contribution in [3.05, 3.63) is 79.8 Å². The lowest BCUT2D eigenvalue weighted by atomic mass is 9.88. The predicted molar refractivity (Wildman–Crippen MR) is 166 cm³/mol. The lowest BCUT2D eigenvalue weighted by molar-refractivity contribution is 0.359. The standard InChI is InChI=1S/C13H20FN.C13H19N.C3H7N.C2H4.H3NS/c1-9-6-7-11(8-12(9)14)15-10(2)13(3,4)5;1-4-14-9-5-6-13(14)11(3)10(2)12-7-8-12;4-3-1-2-3;2*1-2/h6-8,10,15H,1-5H3;4,12-13H,1-3,5-9H2;3H,1-2,4H2;1-2H2;2H,1H2. The highest BCUT2D eigenvalue weighted by Gasteiger charge is 2.32. The first kappa shape index (κ1) is 35.0. The minimum Gasteiger partial charge on any atom is -0.382 e. The van der Waals surface area contributed by atoms with E-state index in [1.807, 2.05) is 12.3 Å². The number of halogens is 1. The molecule has 1 aliphatic heterocycles. The van der Waals surface area contributed by atoms with Crippen molar-refractivity contribution in [1.29, 1.82) is 0 Å². The van der Waals surface area contributed by atoms with Gasteiger partial charge in [-0.3, -0.25) is 5.14 Å². The smallest absolute Gasteiger partial charge is 0.128 e. The van der Waals surface area contributed by atoms with Gasteiger partial charge in [-0.1, -0.05) is 46.6 Å². The van der Waals surface area contributed by atoms with Gasteiger partial charge in [0.15, 0.2) is 0 Å². The molecule has 5 N–H and O–H groups in total. The number of benzene rings is 1. The molecule has 4 rings (SSSR count). The molecule has 1 aromatic carbocycles. The first-order chi connectivity index (χ1) is 17.4. The van der Waals surface area contributed by atoms with Gasteiger partial charge >= 0.3 is 0 Å². The molecule has 0 spiro atoms. The molecule has 0 amide bonds. The Balaban J connectivity index is 0.000000544. The minimum absolute atomic E-state index is 0.152. The molecule has 1 aromatic rings. The van der Waals surface area contributed by atoms with Gasteiger partial charge in [0.2, 0.25) is 0 Å². The van der Waals surface area contributed by atoms with Crippen molar-refractivity contribution in [3.63, 3.8) is 0 Å². The van der Waals surface area contributed by atoms with Gasteiger partial charge in [-0.2, -0.15) is 0 Å². The Hall–Kier alpha value is -2.02. The van der Waals surface area contributed by atoms with Crippen molar-refractivity contribution >= 4 is 18.5 Å². The molecule has 6 heteroatoms. The third-order valence-electron chi connectivity index (χ3n) is 6.89. The molecule has 210 valence electrons. The average Bonchev–Trinajstić information content (AvgIpc) is 3.82. The van der Waals surface area contributed by atoms with Crippen molar-refractivity contribution in [3.8, 4) is 0 Å². The zero-order chi connectivity index (χ0) is 28.8. The van der Waals surface area contributed by atoms with Crippen LogP contribution in [0, 0.1) is 24.1 Å². The molecule has 0 radical (unpaired) electrons. The van der Waals surface area contributed by atoms with Crippen LogP contribution in [0.15, 0.2) is 68.4 Å². The number of nitrogens with zero attached hydrogens (tertiary/aromatic N) is 1. The van der Waals surface area contributed by atoms with Gasteiger partial charge in [-0.15, -0.1) is 26.0 Å². The van der Waals surface area contributed by atoms with E-state index >= 15 is 0 Å². The van der Waals surface area contributed by atoms with E-state index in [0.717, 1.165) is 18.2 Å². The molecule has 2 unspecified atom stereocenters. The highest BCUT2D eigenvalue weighted by atomic mass is 32.1. The summed E-state index contributed by atoms with van der Waals surface area (Å²) in [5.41, 5.74) is 9.47. The fourth-order valence-corrected chi connectivity index (χ4v) is 3.54. The maximum absolute atomic E-state index is 13.3. The van der Waals surface area contributed by atoms with Crippen LogP contribution < -0.4 is 16.2 Å². The summed E-state index contributed by atoms with van der Waals surface area (Å²) in [6.45, 7) is 29.7. The third-order valence-corrected chi connectivity index (χ3v) is 6.89. The van der Waals surface area contributed by atoms with Gasteiger partial charge in [-0.05, 0) is 98.7 Å². The van der Waals surface area contributed by atoms with Gasteiger partial charge in [0, 0.05) is 24.3 Å². The van der Waals surface area contributed by atoms with Crippen LogP contribution in [0.3, 0.4) is 0 Å². The molecule has 2 atom stereocenters. The summed E-state index contributed by atoms with van der Waals surface area (Å²) in [7, 11) is 0. The highest BCUT2D eigenvalue weighted by molar-refractivity contribution is 7.77. The van der Waals surface area contributed by atoms with Crippen LogP contribution in [0.2, 0.25) is 0 Å². The second-order valence-corrected chi connectivity index (χ2v) is 10.9. The summed E-state index contributed by atoms with van der Waals surface area (Å²) < 4.78 is 13.3. The Morgan fingerprint density at radius 1 is 1.11 bits per heavy atom. The third kappa shape index (κ3) is 13.4. The molecule has 3 aliphatic rings. The lowest BCUT2D eigenvalue weighted by Crippen LogP contribution is -2.30. The fourth-order valence-electron chi connectivity index (χ4n) is 3.54. The van der Waals surface area contributed by atoms with E-state index in [9.17, 15) is 4.39 Å². The van der Waals surface area contributed by atoms with Crippen molar-refractivity contribution in [2.45, 2.75) is 91.3 Å². The van der Waals surface area contributed by atoms with Gasteiger partial charge in [0.05, 0.1) is 6.04 Å². The quantitative estimate of drug-likeness (QED) is 0.171. The summed E-state index contributed by atoms with van der Waals surface area (Å²) in [5.74, 6) is 0.593. The monoisotopic (exact) mass is 532 g/mol. The molecule has 1 heterocycles. The molecule has 37 heavy (non-hydrogen) atoms. The Labute approximate surface area is 232 Å². The second kappa shape index (κ2) is 17.5. The summed E-state index contributed by atoms with van der Waals surface area (Å²) in [6.07, 6.45) is 9.59. The van der Waals surface area contributed by atoms with E-state index in [0.29, 0.717) is 23.7 Å². The van der Waals surface area contributed by atoms with Crippen LogP contribution in [0.25, 0.3) is 0 Å². The maximum atomic E-state index is 13.3. The van der Waals surface area contributed by atoms with Crippen LogP contribution in [-0.2, 0) is 0 Å². The van der Waals surface area contributed by atoms with E-state index in [1.165, 1.54) is 49.7 Å². The number of aryl methyl sites for hydroxylation is 1. The first-order valence-electron chi connectivity index (χ1n) is 13.2. The highest BCUT2D eigenvalue weighted by Crippen LogP contribution is 2.41. The van der Waals surface area contributed by atoms with Crippen molar-refractivity contribution in [1.82, 2.24) is 4.90 Å². The Bertz CT molecular complexity index is 840. The van der Waals surface area contributed by atoms with E-state index < -0.39 is 0 Å².